The predicted molar refractivity (Wildman–Crippen MR) is 78.4 cm³/mol. The number of rotatable bonds is 6. The molecule has 1 N–H and O–H groups in total. The Morgan fingerprint density at radius 3 is 2.81 bits per heavy atom. The predicted octanol–water partition coefficient (Wildman–Crippen LogP) is 2.26. The van der Waals surface area contributed by atoms with E-state index in [0.717, 1.165) is 12.0 Å². The second kappa shape index (κ2) is 7.11. The molecule has 1 aromatic carbocycles. The van der Waals surface area contributed by atoms with Gasteiger partial charge in [-0.1, -0.05) is 34.0 Å². The lowest BCUT2D eigenvalue weighted by Crippen LogP contribution is -2.43. The van der Waals surface area contributed by atoms with Gasteiger partial charge in [-0.15, -0.1) is 0 Å². The molecule has 2 aromatic rings. The molecule has 0 aliphatic carbocycles. The number of nitrogens with one attached hydrogen (secondary N) is 1. The molecule has 114 valence electrons. The van der Waals surface area contributed by atoms with Crippen molar-refractivity contribution in [2.45, 2.75) is 32.9 Å². The van der Waals surface area contributed by atoms with Gasteiger partial charge in [0.25, 0.3) is 0 Å². The van der Waals surface area contributed by atoms with Gasteiger partial charge in [0.05, 0.1) is 11.8 Å². The Bertz CT molecular complexity index is 614. The molecule has 0 saturated heterocycles. The molecule has 0 unspecified atom stereocenters. The molecule has 0 amide bonds. The topological polar surface area (TPSA) is 65.0 Å². The fraction of sp³-hybridized carbons (Fsp3) is 0.429. The fourth-order valence-corrected chi connectivity index (χ4v) is 2.49. The van der Waals surface area contributed by atoms with Crippen molar-refractivity contribution in [2.75, 3.05) is 6.54 Å². The normalized spacial score (nSPS) is 11.3. The van der Waals surface area contributed by atoms with E-state index in [4.69, 9.17) is 23.2 Å². The van der Waals surface area contributed by atoms with E-state index >= 15 is 0 Å². The summed E-state index contributed by atoms with van der Waals surface area (Å²) >= 11 is 12.0. The van der Waals surface area contributed by atoms with Crippen LogP contribution in [0.3, 0.4) is 0 Å². The highest BCUT2D eigenvalue weighted by Gasteiger charge is 2.19. The van der Waals surface area contributed by atoms with Crippen LogP contribution in [0.15, 0.2) is 22.7 Å². The van der Waals surface area contributed by atoms with Crippen LogP contribution in [0.2, 0.25) is 10.0 Å². The summed E-state index contributed by atoms with van der Waals surface area (Å²) in [5, 5.41) is 19.8. The van der Waals surface area contributed by atoms with E-state index in [1.807, 2.05) is 26.0 Å². The Labute approximate surface area is 133 Å². The van der Waals surface area contributed by atoms with Crippen LogP contribution in [0, 0.1) is 0 Å². The number of hydrogen-bond acceptors (Lipinski definition) is 4. The van der Waals surface area contributed by atoms with Crippen molar-refractivity contribution in [2.24, 2.45) is 0 Å². The summed E-state index contributed by atoms with van der Waals surface area (Å²) in [5.74, 6) is -0.402. The maximum atomic E-state index is 11.6. The molecule has 0 aliphatic rings. The second-order valence-electron chi connectivity index (χ2n) is 5.01. The van der Waals surface area contributed by atoms with E-state index in [9.17, 15) is 5.11 Å². The fourth-order valence-electron chi connectivity index (χ4n) is 1.99. The van der Waals surface area contributed by atoms with Gasteiger partial charge in [-0.25, -0.2) is 0 Å². The van der Waals surface area contributed by atoms with Crippen LogP contribution in [0.1, 0.15) is 31.1 Å². The zero-order valence-electron chi connectivity index (χ0n) is 11.9. The summed E-state index contributed by atoms with van der Waals surface area (Å²) in [6, 6.07) is 5.52. The third kappa shape index (κ3) is 4.09. The van der Waals surface area contributed by atoms with E-state index in [2.05, 4.69) is 15.1 Å². The monoisotopic (exact) mass is 329 g/mol. The van der Waals surface area contributed by atoms with Crippen molar-refractivity contribution in [3.63, 3.8) is 0 Å². The van der Waals surface area contributed by atoms with Gasteiger partial charge in [-0.2, -0.15) is 0 Å². The van der Waals surface area contributed by atoms with Crippen molar-refractivity contribution in [3.05, 3.63) is 39.5 Å². The van der Waals surface area contributed by atoms with E-state index < -0.39 is 5.95 Å². The van der Waals surface area contributed by atoms with Crippen LogP contribution < -0.4 is 15.1 Å². The van der Waals surface area contributed by atoms with Crippen LogP contribution in [-0.2, 0) is 13.0 Å². The first-order chi connectivity index (χ1) is 9.99. The van der Waals surface area contributed by atoms with Crippen molar-refractivity contribution >= 4 is 23.2 Å². The molecule has 0 spiro atoms. The zero-order valence-corrected chi connectivity index (χ0v) is 13.4. The Morgan fingerprint density at radius 2 is 2.14 bits per heavy atom. The molecule has 0 saturated carbocycles. The van der Waals surface area contributed by atoms with Crippen LogP contribution in [0.5, 0.6) is 5.95 Å². The van der Waals surface area contributed by atoms with Crippen molar-refractivity contribution in [1.82, 2.24) is 10.6 Å². The highest BCUT2D eigenvalue weighted by Crippen LogP contribution is 2.21. The average molecular weight is 330 g/mol. The highest BCUT2D eigenvalue weighted by atomic mass is 35.5. The Morgan fingerprint density at radius 1 is 1.38 bits per heavy atom. The lowest BCUT2D eigenvalue weighted by Gasteiger charge is -2.06. The maximum Gasteiger partial charge on any atom is 0.247 e. The van der Waals surface area contributed by atoms with Crippen LogP contribution >= 0.6 is 23.2 Å². The first kappa shape index (κ1) is 16.1. The zero-order chi connectivity index (χ0) is 15.4. The summed E-state index contributed by atoms with van der Waals surface area (Å²) in [6.45, 7) is 4.98. The molecule has 0 atom stereocenters. The van der Waals surface area contributed by atoms with E-state index in [1.54, 1.807) is 10.7 Å². The first-order valence-electron chi connectivity index (χ1n) is 6.71. The van der Waals surface area contributed by atoms with Gasteiger partial charge in [0, 0.05) is 10.0 Å². The van der Waals surface area contributed by atoms with E-state index in [1.165, 1.54) is 0 Å². The Kier molecular flexibility index (Phi) is 5.45. The number of halogens is 2. The Hall–Kier alpha value is -1.30. The lowest BCUT2D eigenvalue weighted by atomic mass is 10.1. The first-order valence-corrected chi connectivity index (χ1v) is 7.46. The minimum atomic E-state index is -0.402. The number of aromatic nitrogens is 2. The number of benzene rings is 1. The van der Waals surface area contributed by atoms with Gasteiger partial charge in [0.1, 0.15) is 0 Å². The number of nitrogens with zero attached hydrogens (tertiary/aromatic N) is 2. The van der Waals surface area contributed by atoms with E-state index in [0.29, 0.717) is 28.8 Å². The number of hydrogen-bond donors (Lipinski definition) is 1. The molecule has 0 fully saturated rings. The van der Waals surface area contributed by atoms with Crippen LogP contribution in [-0.4, -0.2) is 11.8 Å². The second-order valence-corrected chi connectivity index (χ2v) is 5.85. The molecule has 0 radical (unpaired) electrons. The summed E-state index contributed by atoms with van der Waals surface area (Å²) in [4.78, 5) is 0. The summed E-state index contributed by atoms with van der Waals surface area (Å²) in [7, 11) is 0. The molecule has 21 heavy (non-hydrogen) atoms. The molecule has 5 nitrogen and oxygen atoms in total. The quantitative estimate of drug-likeness (QED) is 0.652. The summed E-state index contributed by atoms with van der Waals surface area (Å²) < 4.78 is 6.27. The molecule has 0 aliphatic heterocycles. The van der Waals surface area contributed by atoms with Crippen molar-refractivity contribution < 1.29 is 14.3 Å². The minimum absolute atomic E-state index is 0.0824. The third-order valence-electron chi connectivity index (χ3n) is 3.09. The van der Waals surface area contributed by atoms with Gasteiger partial charge in [-0.3, -0.25) is 0 Å². The molecular formula is C14H17Cl2N3O2. The summed E-state index contributed by atoms with van der Waals surface area (Å²) in [5.41, 5.74) is 1.53. The molecule has 7 heteroatoms. The van der Waals surface area contributed by atoms with Gasteiger partial charge >= 0.3 is 0 Å². The maximum absolute atomic E-state index is 11.6. The van der Waals surface area contributed by atoms with Crippen molar-refractivity contribution in [1.29, 1.82) is 0 Å². The lowest BCUT2D eigenvalue weighted by molar-refractivity contribution is -0.785. The smallest absolute Gasteiger partial charge is 0.247 e. The van der Waals surface area contributed by atoms with Crippen molar-refractivity contribution in [3.8, 4) is 5.95 Å². The highest BCUT2D eigenvalue weighted by molar-refractivity contribution is 6.35. The van der Waals surface area contributed by atoms with Gasteiger partial charge in [0.15, 0.2) is 12.0 Å². The molecule has 2 rings (SSSR count). The molecule has 1 heterocycles. The van der Waals surface area contributed by atoms with Gasteiger partial charge in [-0.05, 0) is 44.5 Å². The minimum Gasteiger partial charge on any atom is -0.539 e. The standard InChI is InChI=1S/C14H17Cl2N3O2/c1-9(2)19-13(14(20)21-18-19)8-17-6-5-10-3-4-11(15)7-12(10)16/h3-4,7,9,17H,5-6,8H2,1-2H3. The van der Waals surface area contributed by atoms with Gasteiger partial charge in [0.2, 0.25) is 5.69 Å². The molecular weight excluding hydrogens is 313 g/mol. The van der Waals surface area contributed by atoms with Crippen LogP contribution in [0.4, 0.5) is 0 Å². The third-order valence-corrected chi connectivity index (χ3v) is 3.68. The Balaban J connectivity index is 1.89. The SMILES string of the molecule is CC(C)[n+]1noc([O-])c1CNCCc1ccc(Cl)cc1Cl. The van der Waals surface area contributed by atoms with Crippen LogP contribution in [0.25, 0.3) is 0 Å². The molecule has 0 bridgehead atoms. The average Bonchev–Trinajstić information content (AvgIpc) is 2.78. The summed E-state index contributed by atoms with van der Waals surface area (Å²) in [6.07, 6.45) is 0.747. The van der Waals surface area contributed by atoms with E-state index in [-0.39, 0.29) is 6.04 Å². The molecule has 1 aromatic heterocycles. The largest absolute Gasteiger partial charge is 0.539 e. The van der Waals surface area contributed by atoms with Gasteiger partial charge < -0.3 is 14.9 Å².